The number of furan rings is 1. The zero-order valence-electron chi connectivity index (χ0n) is 14.1. The Morgan fingerprint density at radius 1 is 1.08 bits per heavy atom. The highest BCUT2D eigenvalue weighted by Crippen LogP contribution is 2.11. The third kappa shape index (κ3) is 4.45. The van der Waals surface area contributed by atoms with Crippen molar-refractivity contribution in [1.29, 1.82) is 0 Å². The predicted octanol–water partition coefficient (Wildman–Crippen LogP) is 3.39. The summed E-state index contributed by atoms with van der Waals surface area (Å²) < 4.78 is 5.25. The van der Waals surface area contributed by atoms with Gasteiger partial charge in [-0.3, -0.25) is 9.59 Å². The van der Waals surface area contributed by atoms with Crippen molar-refractivity contribution < 1.29 is 14.0 Å². The first-order valence-corrected chi connectivity index (χ1v) is 7.97. The van der Waals surface area contributed by atoms with Crippen molar-refractivity contribution in [2.75, 3.05) is 5.32 Å². The number of anilines is 1. The molecule has 26 heavy (non-hydrogen) atoms. The van der Waals surface area contributed by atoms with Gasteiger partial charge in [-0.15, -0.1) is 0 Å². The molecule has 2 aromatic heterocycles. The van der Waals surface area contributed by atoms with Gasteiger partial charge in [0.15, 0.2) is 0 Å². The Morgan fingerprint density at radius 3 is 2.65 bits per heavy atom. The summed E-state index contributed by atoms with van der Waals surface area (Å²) in [6, 6.07) is 15.6. The molecule has 0 fully saturated rings. The van der Waals surface area contributed by atoms with E-state index < -0.39 is 5.91 Å². The Bertz CT molecular complexity index is 932. The van der Waals surface area contributed by atoms with Crippen molar-refractivity contribution in [2.24, 2.45) is 0 Å². The summed E-state index contributed by atoms with van der Waals surface area (Å²) in [4.78, 5) is 29.2. The maximum Gasteiger partial charge on any atom is 0.273 e. The first-order valence-electron chi connectivity index (χ1n) is 7.97. The van der Waals surface area contributed by atoms with Gasteiger partial charge in [0.05, 0.1) is 6.26 Å². The minimum Gasteiger partial charge on any atom is -0.465 e. The minimum absolute atomic E-state index is 0.0529. The highest BCUT2D eigenvalue weighted by atomic mass is 16.3. The summed E-state index contributed by atoms with van der Waals surface area (Å²) in [6.07, 6.45) is 4.52. The van der Waals surface area contributed by atoms with E-state index in [1.807, 2.05) is 13.0 Å². The lowest BCUT2D eigenvalue weighted by Gasteiger charge is -2.10. The summed E-state index contributed by atoms with van der Waals surface area (Å²) in [5, 5.41) is 5.29. The van der Waals surface area contributed by atoms with Crippen LogP contribution in [0.1, 0.15) is 21.7 Å². The van der Waals surface area contributed by atoms with Crippen molar-refractivity contribution in [2.45, 2.75) is 6.92 Å². The van der Waals surface area contributed by atoms with Crippen LogP contribution in [0.2, 0.25) is 0 Å². The van der Waals surface area contributed by atoms with Crippen LogP contribution >= 0.6 is 0 Å². The molecule has 0 spiro atoms. The molecule has 1 aromatic carbocycles. The van der Waals surface area contributed by atoms with Gasteiger partial charge in [0, 0.05) is 17.8 Å². The standard InChI is InChI=1S/C20H17N3O3/c1-14-6-4-7-15(12-14)19(24)22-17(13-16-8-5-11-26-16)20(25)23-18-9-2-3-10-21-18/h2-13H,1H3,(H,22,24)(H,21,23,25). The molecular weight excluding hydrogens is 330 g/mol. The lowest BCUT2D eigenvalue weighted by molar-refractivity contribution is -0.113. The number of carbonyl (C=O) groups is 2. The molecule has 0 aliphatic heterocycles. The van der Waals surface area contributed by atoms with E-state index in [0.717, 1.165) is 5.56 Å². The summed E-state index contributed by atoms with van der Waals surface area (Å²) in [6.45, 7) is 1.89. The van der Waals surface area contributed by atoms with Gasteiger partial charge >= 0.3 is 0 Å². The van der Waals surface area contributed by atoms with Gasteiger partial charge in [0.25, 0.3) is 11.8 Å². The van der Waals surface area contributed by atoms with Gasteiger partial charge in [-0.25, -0.2) is 4.98 Å². The Labute approximate surface area is 150 Å². The summed E-state index contributed by atoms with van der Waals surface area (Å²) in [7, 11) is 0. The van der Waals surface area contributed by atoms with Gasteiger partial charge < -0.3 is 15.1 Å². The van der Waals surface area contributed by atoms with Crippen LogP contribution in [-0.4, -0.2) is 16.8 Å². The molecule has 130 valence electrons. The highest BCUT2D eigenvalue weighted by Gasteiger charge is 2.16. The quantitative estimate of drug-likeness (QED) is 0.693. The largest absolute Gasteiger partial charge is 0.465 e. The number of amides is 2. The van der Waals surface area contributed by atoms with Crippen molar-refractivity contribution in [3.63, 3.8) is 0 Å². The fraction of sp³-hybridized carbons (Fsp3) is 0.0500. The fourth-order valence-corrected chi connectivity index (χ4v) is 2.28. The van der Waals surface area contributed by atoms with Crippen molar-refractivity contribution in [1.82, 2.24) is 10.3 Å². The number of aryl methyl sites for hydroxylation is 1. The van der Waals surface area contributed by atoms with E-state index in [9.17, 15) is 9.59 Å². The molecule has 2 N–H and O–H groups in total. The second-order valence-electron chi connectivity index (χ2n) is 5.57. The Hall–Kier alpha value is -3.67. The molecule has 0 radical (unpaired) electrons. The van der Waals surface area contributed by atoms with Gasteiger partial charge in [0.2, 0.25) is 0 Å². The molecule has 0 bridgehead atoms. The lowest BCUT2D eigenvalue weighted by atomic mass is 10.1. The van der Waals surface area contributed by atoms with E-state index in [4.69, 9.17) is 4.42 Å². The third-order valence-corrected chi connectivity index (χ3v) is 3.51. The number of hydrogen-bond donors (Lipinski definition) is 2. The molecule has 0 saturated carbocycles. The number of nitrogens with one attached hydrogen (secondary N) is 2. The molecular formula is C20H17N3O3. The zero-order chi connectivity index (χ0) is 18.4. The predicted molar refractivity (Wildman–Crippen MR) is 98.2 cm³/mol. The number of nitrogens with zero attached hydrogens (tertiary/aromatic N) is 1. The van der Waals surface area contributed by atoms with Crippen LogP contribution in [0.4, 0.5) is 5.82 Å². The lowest BCUT2D eigenvalue weighted by Crippen LogP contribution is -2.31. The first kappa shape index (κ1) is 17.2. The molecule has 2 amide bonds. The summed E-state index contributed by atoms with van der Waals surface area (Å²) >= 11 is 0. The number of carbonyl (C=O) groups excluding carboxylic acids is 2. The van der Waals surface area contributed by atoms with Crippen molar-refractivity contribution in [3.05, 3.63) is 89.6 Å². The number of benzene rings is 1. The van der Waals surface area contributed by atoms with Crippen LogP contribution in [0.5, 0.6) is 0 Å². The molecule has 0 aliphatic carbocycles. The number of pyridine rings is 1. The maximum atomic E-state index is 12.6. The molecule has 0 unspecified atom stereocenters. The second-order valence-corrected chi connectivity index (χ2v) is 5.57. The maximum absolute atomic E-state index is 12.6. The molecule has 0 saturated heterocycles. The van der Waals surface area contributed by atoms with Crippen LogP contribution in [0, 0.1) is 6.92 Å². The average molecular weight is 347 g/mol. The van der Waals surface area contributed by atoms with Gasteiger partial charge in [0.1, 0.15) is 17.3 Å². The highest BCUT2D eigenvalue weighted by molar-refractivity contribution is 6.10. The molecule has 6 nitrogen and oxygen atoms in total. The molecule has 6 heteroatoms. The number of rotatable bonds is 5. The van der Waals surface area contributed by atoms with Gasteiger partial charge in [-0.2, -0.15) is 0 Å². The van der Waals surface area contributed by atoms with Crippen LogP contribution in [0.15, 0.2) is 77.2 Å². The normalized spacial score (nSPS) is 11.0. The topological polar surface area (TPSA) is 84.2 Å². The number of aromatic nitrogens is 1. The third-order valence-electron chi connectivity index (χ3n) is 3.51. The fourth-order valence-electron chi connectivity index (χ4n) is 2.28. The van der Waals surface area contributed by atoms with Crippen molar-refractivity contribution in [3.8, 4) is 0 Å². The molecule has 2 heterocycles. The SMILES string of the molecule is Cc1cccc(C(=O)NC(=Cc2ccco2)C(=O)Nc2ccccn2)c1. The van der Waals surface area contributed by atoms with Crippen molar-refractivity contribution >= 4 is 23.7 Å². The van der Waals surface area contributed by atoms with E-state index in [-0.39, 0.29) is 11.6 Å². The van der Waals surface area contributed by atoms with E-state index in [0.29, 0.717) is 17.1 Å². The molecule has 3 aromatic rings. The van der Waals surface area contributed by atoms with E-state index in [1.54, 1.807) is 54.7 Å². The summed E-state index contributed by atoms with van der Waals surface area (Å²) in [5.41, 5.74) is 1.46. The van der Waals surface area contributed by atoms with E-state index in [1.165, 1.54) is 12.3 Å². The Morgan fingerprint density at radius 2 is 1.96 bits per heavy atom. The van der Waals surface area contributed by atoms with Crippen LogP contribution < -0.4 is 10.6 Å². The smallest absolute Gasteiger partial charge is 0.273 e. The Balaban J connectivity index is 1.84. The molecule has 0 aliphatic rings. The minimum atomic E-state index is -0.499. The first-order chi connectivity index (χ1) is 12.6. The molecule has 3 rings (SSSR count). The Kier molecular flexibility index (Phi) is 5.24. The molecule has 0 atom stereocenters. The summed E-state index contributed by atoms with van der Waals surface area (Å²) in [5.74, 6) is -0.0582. The van der Waals surface area contributed by atoms with Crippen LogP contribution in [0.25, 0.3) is 6.08 Å². The van der Waals surface area contributed by atoms with Crippen LogP contribution in [-0.2, 0) is 4.79 Å². The van der Waals surface area contributed by atoms with E-state index >= 15 is 0 Å². The van der Waals surface area contributed by atoms with Crippen LogP contribution in [0.3, 0.4) is 0 Å². The van der Waals surface area contributed by atoms with Gasteiger partial charge in [-0.05, 0) is 43.3 Å². The second kappa shape index (κ2) is 7.94. The number of hydrogen-bond acceptors (Lipinski definition) is 4. The zero-order valence-corrected chi connectivity index (χ0v) is 14.1. The average Bonchev–Trinajstić information content (AvgIpc) is 3.15. The van der Waals surface area contributed by atoms with E-state index in [2.05, 4.69) is 15.6 Å². The monoisotopic (exact) mass is 347 g/mol. The van der Waals surface area contributed by atoms with Gasteiger partial charge in [-0.1, -0.05) is 23.8 Å².